The van der Waals surface area contributed by atoms with Gasteiger partial charge in [0.15, 0.2) is 0 Å². The fourth-order valence-corrected chi connectivity index (χ4v) is 10.1. The molecule has 0 aliphatic carbocycles. The van der Waals surface area contributed by atoms with Crippen LogP contribution in [0.4, 0.5) is 0 Å². The second kappa shape index (κ2) is 9.99. The first-order valence-electron chi connectivity index (χ1n) is 7.12. The zero-order chi connectivity index (χ0) is 11.6. The van der Waals surface area contributed by atoms with Crippen LogP contribution in [0.25, 0.3) is 0 Å². The Bertz CT molecular complexity index is 129. The summed E-state index contributed by atoms with van der Waals surface area (Å²) in [6, 6.07) is 0. The van der Waals surface area contributed by atoms with Gasteiger partial charge in [-0.1, -0.05) is 0 Å². The van der Waals surface area contributed by atoms with Gasteiger partial charge >= 0.3 is 102 Å². The molecule has 0 atom stereocenters. The molecule has 0 amide bonds. The minimum atomic E-state index is -1.50. The molecule has 0 N–H and O–H groups in total. The van der Waals surface area contributed by atoms with Crippen molar-refractivity contribution >= 4 is 18.4 Å². The fraction of sp³-hybridized carbons (Fsp3) is 1.00. The van der Waals surface area contributed by atoms with E-state index >= 15 is 0 Å². The summed E-state index contributed by atoms with van der Waals surface area (Å²) in [5.41, 5.74) is 0. The Kier molecular flexibility index (Phi) is 10.5. The number of unbranched alkanes of at least 4 members (excludes halogenated alkanes) is 6. The van der Waals surface area contributed by atoms with Crippen LogP contribution < -0.4 is 0 Å². The normalized spacial score (nSPS) is 12.0. The molecule has 0 saturated heterocycles. The molecule has 0 radical (unpaired) electrons. The summed E-state index contributed by atoms with van der Waals surface area (Å²) in [6.45, 7) is 4.62. The van der Waals surface area contributed by atoms with Crippen molar-refractivity contribution < 1.29 is 0 Å². The van der Waals surface area contributed by atoms with E-state index in [1.807, 2.05) is 0 Å². The van der Waals surface area contributed by atoms with Gasteiger partial charge in [0.25, 0.3) is 0 Å². The molecule has 0 aromatic heterocycles. The van der Waals surface area contributed by atoms with Gasteiger partial charge in [-0.05, 0) is 0 Å². The molecule has 0 spiro atoms. The van der Waals surface area contributed by atoms with Crippen LogP contribution in [0.1, 0.15) is 65.2 Å². The van der Waals surface area contributed by atoms with Crippen molar-refractivity contribution in [3.8, 4) is 0 Å². The van der Waals surface area contributed by atoms with Crippen molar-refractivity contribution in [2.75, 3.05) is 0 Å². The number of hydrogen-bond donors (Lipinski definition) is 0. The van der Waals surface area contributed by atoms with Crippen molar-refractivity contribution in [3.63, 3.8) is 0 Å². The van der Waals surface area contributed by atoms with E-state index in [1.54, 1.807) is 8.87 Å². The van der Waals surface area contributed by atoms with Gasteiger partial charge in [0.05, 0.1) is 0 Å². The first-order chi connectivity index (χ1) is 7.12. The molecule has 0 aliphatic rings. The molecule has 15 heavy (non-hydrogen) atoms. The standard InChI is InChI=1S/C8H17.C4H9.2CH3.Sn/c1-3-5-7-8-6-4-2;1-3-4-2;;;/h1,3-8H2,2H3;1,3-4H2,2H3;2*1H3;. The van der Waals surface area contributed by atoms with Gasteiger partial charge in [-0.15, -0.1) is 0 Å². The third-order valence-electron chi connectivity index (χ3n) is 3.41. The van der Waals surface area contributed by atoms with Crippen LogP contribution in [0.2, 0.25) is 18.8 Å². The first-order valence-corrected chi connectivity index (χ1v) is 16.9. The summed E-state index contributed by atoms with van der Waals surface area (Å²) in [4.78, 5) is 5.30. The fourth-order valence-electron chi connectivity index (χ4n) is 2.16. The third-order valence-corrected chi connectivity index (χ3v) is 13.2. The summed E-state index contributed by atoms with van der Waals surface area (Å²) in [7, 11) is 0. The molecule has 0 unspecified atom stereocenters. The van der Waals surface area contributed by atoms with Crippen molar-refractivity contribution in [1.82, 2.24) is 0 Å². The average Bonchev–Trinajstić information content (AvgIpc) is 2.20. The summed E-state index contributed by atoms with van der Waals surface area (Å²) in [5.74, 6) is 0. The molecule has 0 fully saturated rings. The van der Waals surface area contributed by atoms with E-state index < -0.39 is 18.4 Å². The zero-order valence-corrected chi connectivity index (χ0v) is 14.4. The van der Waals surface area contributed by atoms with Gasteiger partial charge in [-0.25, -0.2) is 0 Å². The van der Waals surface area contributed by atoms with E-state index in [0.29, 0.717) is 0 Å². The van der Waals surface area contributed by atoms with E-state index in [2.05, 4.69) is 23.7 Å². The quantitative estimate of drug-likeness (QED) is 0.350. The Balaban J connectivity index is 3.32. The van der Waals surface area contributed by atoms with Crippen LogP contribution in [0.5, 0.6) is 0 Å². The van der Waals surface area contributed by atoms with Gasteiger partial charge < -0.3 is 0 Å². The van der Waals surface area contributed by atoms with Gasteiger partial charge in [0, 0.05) is 0 Å². The van der Waals surface area contributed by atoms with Crippen LogP contribution in [-0.2, 0) is 0 Å². The van der Waals surface area contributed by atoms with Gasteiger partial charge in [-0.2, -0.15) is 0 Å². The van der Waals surface area contributed by atoms with Crippen molar-refractivity contribution in [2.24, 2.45) is 0 Å². The van der Waals surface area contributed by atoms with Crippen LogP contribution in [-0.4, -0.2) is 18.4 Å². The maximum atomic E-state index is 2.65. The molecule has 0 saturated carbocycles. The average molecular weight is 319 g/mol. The summed E-state index contributed by atoms with van der Waals surface area (Å²) in [6.07, 6.45) is 11.7. The summed E-state index contributed by atoms with van der Waals surface area (Å²) in [5, 5.41) is 0. The molecule has 0 rings (SSSR count). The molecule has 92 valence electrons. The van der Waals surface area contributed by atoms with Crippen molar-refractivity contribution in [2.45, 2.75) is 84.0 Å². The van der Waals surface area contributed by atoms with E-state index in [-0.39, 0.29) is 0 Å². The Labute approximate surface area is 102 Å². The second-order valence-electron chi connectivity index (χ2n) is 5.79. The minimum absolute atomic E-state index is 1.38. The molecule has 0 aromatic rings. The van der Waals surface area contributed by atoms with Crippen LogP contribution in [0.3, 0.4) is 0 Å². The van der Waals surface area contributed by atoms with E-state index in [9.17, 15) is 0 Å². The predicted octanol–water partition coefficient (Wildman–Crippen LogP) is 5.86. The van der Waals surface area contributed by atoms with Crippen LogP contribution in [0.15, 0.2) is 0 Å². The summed E-state index contributed by atoms with van der Waals surface area (Å²) >= 11 is -1.50. The molecule has 1 heteroatoms. The molecule has 0 heterocycles. The Morgan fingerprint density at radius 2 is 1.07 bits per heavy atom. The topological polar surface area (TPSA) is 0 Å². The third kappa shape index (κ3) is 11.1. The molecular formula is C14H32Sn. The Hall–Kier alpha value is 0.799. The summed E-state index contributed by atoms with van der Waals surface area (Å²) < 4.78 is 3.26. The van der Waals surface area contributed by atoms with Gasteiger partial charge in [0.2, 0.25) is 0 Å². The molecular weight excluding hydrogens is 287 g/mol. The molecule has 0 aliphatic heterocycles. The molecule has 0 aromatic carbocycles. The monoisotopic (exact) mass is 320 g/mol. The molecule has 0 nitrogen and oxygen atoms in total. The SMILES string of the molecule is CCCCCCC[CH2][Sn]([CH3])([CH3])[CH2]CCC. The van der Waals surface area contributed by atoms with Crippen molar-refractivity contribution in [1.29, 1.82) is 0 Å². The van der Waals surface area contributed by atoms with Gasteiger partial charge in [-0.3, -0.25) is 0 Å². The Morgan fingerprint density at radius 1 is 0.600 bits per heavy atom. The van der Waals surface area contributed by atoms with E-state index in [1.165, 1.54) is 51.4 Å². The zero-order valence-electron chi connectivity index (χ0n) is 11.6. The van der Waals surface area contributed by atoms with Gasteiger partial charge in [0.1, 0.15) is 0 Å². The predicted molar refractivity (Wildman–Crippen MR) is 75.4 cm³/mol. The van der Waals surface area contributed by atoms with E-state index in [0.717, 1.165) is 0 Å². The second-order valence-corrected chi connectivity index (χ2v) is 21.0. The first kappa shape index (κ1) is 15.8. The van der Waals surface area contributed by atoms with Crippen LogP contribution >= 0.6 is 0 Å². The van der Waals surface area contributed by atoms with Crippen LogP contribution in [0, 0.1) is 0 Å². The Morgan fingerprint density at radius 3 is 1.67 bits per heavy atom. The number of rotatable bonds is 10. The maximum absolute atomic E-state index is 2.65. The van der Waals surface area contributed by atoms with E-state index in [4.69, 9.17) is 0 Å². The number of hydrogen-bond acceptors (Lipinski definition) is 0. The molecule has 0 bridgehead atoms. The van der Waals surface area contributed by atoms with Crippen molar-refractivity contribution in [3.05, 3.63) is 0 Å².